The summed E-state index contributed by atoms with van der Waals surface area (Å²) >= 11 is 6.97. The van der Waals surface area contributed by atoms with Crippen LogP contribution in [0.3, 0.4) is 0 Å². The van der Waals surface area contributed by atoms with Gasteiger partial charge in [0.05, 0.1) is 17.3 Å². The van der Waals surface area contributed by atoms with Crippen molar-refractivity contribution < 1.29 is 4.74 Å². The first kappa shape index (κ1) is 22.9. The van der Waals surface area contributed by atoms with Crippen molar-refractivity contribution in [3.05, 3.63) is 59.1 Å². The van der Waals surface area contributed by atoms with Gasteiger partial charge in [-0.2, -0.15) is 4.98 Å². The number of halogens is 1. The molecular weight excluding hydrogens is 486 g/mol. The fourth-order valence-corrected chi connectivity index (χ4v) is 5.77. The lowest BCUT2D eigenvalue weighted by Gasteiger charge is -2.39. The first-order valence-electron chi connectivity index (χ1n) is 13.0. The van der Waals surface area contributed by atoms with Crippen LogP contribution in [0.4, 0.5) is 5.69 Å². The number of hydrogen-bond acceptors (Lipinski definition) is 7. The molecule has 3 fully saturated rings. The van der Waals surface area contributed by atoms with Gasteiger partial charge in [0.15, 0.2) is 11.2 Å². The number of nitrogens with zero attached hydrogens (tertiary/aromatic N) is 6. The molecule has 2 aliphatic heterocycles. The van der Waals surface area contributed by atoms with Crippen molar-refractivity contribution in [2.45, 2.75) is 45.3 Å². The molecule has 0 unspecified atom stereocenters. The zero-order valence-corrected chi connectivity index (χ0v) is 21.9. The van der Waals surface area contributed by atoms with Crippen molar-refractivity contribution in [1.82, 2.24) is 29.8 Å². The lowest BCUT2D eigenvalue weighted by Crippen LogP contribution is -2.54. The quantitative estimate of drug-likeness (QED) is 0.401. The molecule has 1 saturated carbocycles. The molecule has 37 heavy (non-hydrogen) atoms. The maximum absolute atomic E-state index is 6.97. The molecule has 0 amide bonds. The van der Waals surface area contributed by atoms with Crippen molar-refractivity contribution in [2.75, 3.05) is 31.1 Å². The summed E-state index contributed by atoms with van der Waals surface area (Å²) in [4.78, 5) is 21.1. The molecule has 0 bridgehead atoms. The lowest BCUT2D eigenvalue weighted by molar-refractivity contribution is 0.194. The SMILES string of the molecule is Cc1ccnc(Cn2c(-c3ccc(N4CCC5(CNC5)C4)cc3Cl)nc3c(OC4(C)CC4)ncnc32)c1. The molecule has 1 spiro atoms. The third kappa shape index (κ3) is 4.12. The normalized spacial score (nSPS) is 19.4. The Morgan fingerprint density at radius 1 is 1.08 bits per heavy atom. The molecule has 0 atom stereocenters. The molecule has 4 aromatic rings. The summed E-state index contributed by atoms with van der Waals surface area (Å²) in [6.07, 6.45) is 6.64. The molecule has 1 aromatic carbocycles. The predicted molar refractivity (Wildman–Crippen MR) is 144 cm³/mol. The van der Waals surface area contributed by atoms with Gasteiger partial charge >= 0.3 is 0 Å². The molecule has 2 saturated heterocycles. The molecule has 1 N–H and O–H groups in total. The van der Waals surface area contributed by atoms with Crippen LogP contribution in [0.1, 0.15) is 37.4 Å². The van der Waals surface area contributed by atoms with Gasteiger partial charge in [0.2, 0.25) is 5.88 Å². The van der Waals surface area contributed by atoms with Crippen molar-refractivity contribution in [3.8, 4) is 17.3 Å². The number of pyridine rings is 1. The minimum Gasteiger partial charge on any atom is -0.470 e. The molecule has 190 valence electrons. The van der Waals surface area contributed by atoms with Gasteiger partial charge in [0, 0.05) is 49.0 Å². The summed E-state index contributed by atoms with van der Waals surface area (Å²) in [6.45, 7) is 9.04. The summed E-state index contributed by atoms with van der Waals surface area (Å²) in [6, 6.07) is 10.4. The van der Waals surface area contributed by atoms with Gasteiger partial charge in [0.1, 0.15) is 17.8 Å². The van der Waals surface area contributed by atoms with Crippen molar-refractivity contribution in [1.29, 1.82) is 0 Å². The Morgan fingerprint density at radius 2 is 1.95 bits per heavy atom. The maximum atomic E-state index is 6.97. The summed E-state index contributed by atoms with van der Waals surface area (Å²) in [5.41, 5.74) is 5.72. The highest BCUT2D eigenvalue weighted by atomic mass is 35.5. The van der Waals surface area contributed by atoms with Gasteiger partial charge < -0.3 is 19.5 Å². The van der Waals surface area contributed by atoms with Gasteiger partial charge in [-0.15, -0.1) is 0 Å². The second-order valence-corrected chi connectivity index (χ2v) is 11.6. The highest BCUT2D eigenvalue weighted by Crippen LogP contribution is 2.42. The standard InChI is InChI=1S/C28H30ClN7O/c1-18-5-9-31-19(11-18)13-36-24(34-23-25(36)32-17-33-26(23)37-27(2)6-7-27)21-4-3-20(12-22(21)29)35-10-8-28(16-35)14-30-15-28/h3-5,9,11-12,17,30H,6-8,10,13-16H2,1-2H3. The molecule has 7 rings (SSSR count). The van der Waals surface area contributed by atoms with Crippen LogP contribution in [0.25, 0.3) is 22.6 Å². The first-order chi connectivity index (χ1) is 17.9. The van der Waals surface area contributed by atoms with E-state index in [2.05, 4.69) is 67.8 Å². The predicted octanol–water partition coefficient (Wildman–Crippen LogP) is 4.63. The monoisotopic (exact) mass is 515 g/mol. The minimum absolute atomic E-state index is 0.175. The van der Waals surface area contributed by atoms with E-state index in [9.17, 15) is 0 Å². The average Bonchev–Trinajstić information content (AvgIpc) is 3.26. The number of fused-ring (bicyclic) bond motifs is 1. The van der Waals surface area contributed by atoms with Crippen molar-refractivity contribution in [3.63, 3.8) is 0 Å². The summed E-state index contributed by atoms with van der Waals surface area (Å²) in [5, 5.41) is 4.10. The lowest BCUT2D eigenvalue weighted by atomic mass is 9.81. The fourth-order valence-electron chi connectivity index (χ4n) is 5.51. The van der Waals surface area contributed by atoms with E-state index in [4.69, 9.17) is 21.3 Å². The molecule has 9 heteroatoms. The fraction of sp³-hybridized carbons (Fsp3) is 0.429. The Bertz CT molecular complexity index is 1510. The number of anilines is 1. The number of benzene rings is 1. The van der Waals surface area contributed by atoms with E-state index >= 15 is 0 Å². The number of aromatic nitrogens is 5. The van der Waals surface area contributed by atoms with E-state index in [1.807, 2.05) is 12.3 Å². The van der Waals surface area contributed by atoms with Gasteiger partial charge in [-0.1, -0.05) is 11.6 Å². The second-order valence-electron chi connectivity index (χ2n) is 11.2. The molecule has 3 aromatic heterocycles. The summed E-state index contributed by atoms with van der Waals surface area (Å²) in [5.74, 6) is 1.26. The molecule has 5 heterocycles. The van der Waals surface area contributed by atoms with E-state index in [-0.39, 0.29) is 5.60 Å². The van der Waals surface area contributed by atoms with Gasteiger partial charge in [-0.25, -0.2) is 9.97 Å². The van der Waals surface area contributed by atoms with Gasteiger partial charge in [-0.3, -0.25) is 4.98 Å². The number of imidazole rings is 1. The maximum Gasteiger partial charge on any atom is 0.245 e. The number of rotatable bonds is 6. The number of ether oxygens (including phenoxy) is 1. The molecular formula is C28H30ClN7O. The number of hydrogen-bond donors (Lipinski definition) is 1. The van der Waals surface area contributed by atoms with E-state index in [0.717, 1.165) is 67.4 Å². The summed E-state index contributed by atoms with van der Waals surface area (Å²) < 4.78 is 8.34. The molecule has 0 radical (unpaired) electrons. The van der Waals surface area contributed by atoms with Crippen LogP contribution in [-0.2, 0) is 6.54 Å². The zero-order valence-electron chi connectivity index (χ0n) is 21.2. The van der Waals surface area contributed by atoms with Crippen molar-refractivity contribution in [2.24, 2.45) is 5.41 Å². The highest BCUT2D eigenvalue weighted by Gasteiger charge is 2.43. The van der Waals surface area contributed by atoms with Crippen LogP contribution in [0.15, 0.2) is 42.9 Å². The Labute approximate surface area is 221 Å². The van der Waals surface area contributed by atoms with Crippen LogP contribution < -0.4 is 15.0 Å². The first-order valence-corrected chi connectivity index (χ1v) is 13.4. The Morgan fingerprint density at radius 3 is 2.65 bits per heavy atom. The van der Waals surface area contributed by atoms with Crippen LogP contribution in [0.2, 0.25) is 5.02 Å². The number of aryl methyl sites for hydroxylation is 1. The zero-order chi connectivity index (χ0) is 25.2. The topological polar surface area (TPSA) is 81.0 Å². The van der Waals surface area contributed by atoms with Gasteiger partial charge in [-0.05, 0) is 69.0 Å². The van der Waals surface area contributed by atoms with Crippen LogP contribution in [0.5, 0.6) is 5.88 Å². The van der Waals surface area contributed by atoms with Crippen LogP contribution >= 0.6 is 11.6 Å². The average molecular weight is 516 g/mol. The Balaban J connectivity index is 1.30. The number of nitrogens with one attached hydrogen (secondary N) is 1. The van der Waals surface area contributed by atoms with Gasteiger partial charge in [0.25, 0.3) is 0 Å². The third-order valence-electron chi connectivity index (χ3n) is 8.08. The molecule has 1 aliphatic carbocycles. The van der Waals surface area contributed by atoms with E-state index in [0.29, 0.717) is 34.0 Å². The molecule has 3 aliphatic rings. The minimum atomic E-state index is -0.175. The largest absolute Gasteiger partial charge is 0.470 e. The Hall–Kier alpha value is -3.23. The van der Waals surface area contributed by atoms with E-state index in [1.54, 1.807) is 6.33 Å². The van der Waals surface area contributed by atoms with Crippen LogP contribution in [-0.4, -0.2) is 56.3 Å². The third-order valence-corrected chi connectivity index (χ3v) is 8.40. The van der Waals surface area contributed by atoms with Crippen molar-refractivity contribution >= 4 is 28.5 Å². The second kappa shape index (κ2) is 8.39. The Kier molecular flexibility index (Phi) is 5.20. The molecule has 8 nitrogen and oxygen atoms in total. The smallest absolute Gasteiger partial charge is 0.245 e. The van der Waals surface area contributed by atoms with E-state index in [1.165, 1.54) is 6.42 Å². The van der Waals surface area contributed by atoms with Crippen LogP contribution in [0, 0.1) is 12.3 Å². The highest BCUT2D eigenvalue weighted by molar-refractivity contribution is 6.33. The van der Waals surface area contributed by atoms with E-state index < -0.39 is 0 Å². The summed E-state index contributed by atoms with van der Waals surface area (Å²) in [7, 11) is 0.